The molecule has 5 heteroatoms. The molecule has 0 spiro atoms. The molecule has 0 bridgehead atoms. The van der Waals surface area contributed by atoms with E-state index in [1.165, 1.54) is 6.92 Å². The van der Waals surface area contributed by atoms with Gasteiger partial charge in [-0.15, -0.1) is 0 Å². The number of rotatable bonds is 2. The number of aryl methyl sites for hydroxylation is 1. The third-order valence-electron chi connectivity index (χ3n) is 3.54. The van der Waals surface area contributed by atoms with Crippen LogP contribution < -0.4 is 10.6 Å². The largest absolute Gasteiger partial charge is 0.323 e. The van der Waals surface area contributed by atoms with Crippen LogP contribution in [0.2, 0.25) is 0 Å². The number of carbonyl (C=O) groups excluding carboxylic acids is 1. The van der Waals surface area contributed by atoms with Gasteiger partial charge in [-0.1, -0.05) is 0 Å². The number of nitrogens with one attached hydrogen (secondary N) is 2. The Labute approximate surface area is 111 Å². The Morgan fingerprint density at radius 2 is 2.05 bits per heavy atom. The second kappa shape index (κ2) is 5.65. The molecule has 0 radical (unpaired) electrons. The third kappa shape index (κ3) is 3.29. The summed E-state index contributed by atoms with van der Waals surface area (Å²) in [7, 11) is 0. The molecule has 1 heterocycles. The number of anilines is 1. The standard InChI is InChI=1S/C14H18F2N2O/c1-8-5-12(16)13(6-11(8)15)18-14(19)10-4-3-9(2)17-7-10/h5-6,9-10,17H,3-4,7H2,1-2H3,(H,18,19). The van der Waals surface area contributed by atoms with Crippen LogP contribution in [0.1, 0.15) is 25.3 Å². The van der Waals surface area contributed by atoms with Gasteiger partial charge in [0.25, 0.3) is 0 Å². The zero-order valence-electron chi connectivity index (χ0n) is 11.1. The van der Waals surface area contributed by atoms with E-state index >= 15 is 0 Å². The van der Waals surface area contributed by atoms with Gasteiger partial charge in [-0.05, 0) is 38.3 Å². The molecule has 0 aromatic heterocycles. The SMILES string of the molecule is Cc1cc(F)c(NC(=O)C2CCC(C)NC2)cc1F. The summed E-state index contributed by atoms with van der Waals surface area (Å²) in [6.45, 7) is 4.11. The average Bonchev–Trinajstić information content (AvgIpc) is 2.36. The zero-order chi connectivity index (χ0) is 14.0. The van der Waals surface area contributed by atoms with Gasteiger partial charge in [-0.3, -0.25) is 4.79 Å². The van der Waals surface area contributed by atoms with Crippen molar-refractivity contribution in [2.45, 2.75) is 32.7 Å². The molecule has 0 saturated carbocycles. The van der Waals surface area contributed by atoms with Crippen LogP contribution in [0, 0.1) is 24.5 Å². The summed E-state index contributed by atoms with van der Waals surface area (Å²) in [5.41, 5.74) is 0.135. The summed E-state index contributed by atoms with van der Waals surface area (Å²) in [4.78, 5) is 12.0. The molecule has 2 rings (SSSR count). The topological polar surface area (TPSA) is 41.1 Å². The normalized spacial score (nSPS) is 23.2. The predicted molar refractivity (Wildman–Crippen MR) is 69.9 cm³/mol. The van der Waals surface area contributed by atoms with Crippen molar-refractivity contribution < 1.29 is 13.6 Å². The Morgan fingerprint density at radius 1 is 1.32 bits per heavy atom. The van der Waals surface area contributed by atoms with Crippen LogP contribution >= 0.6 is 0 Å². The van der Waals surface area contributed by atoms with Crippen LogP contribution in [0.25, 0.3) is 0 Å². The summed E-state index contributed by atoms with van der Waals surface area (Å²) < 4.78 is 27.0. The predicted octanol–water partition coefficient (Wildman–Crippen LogP) is 2.60. The lowest BCUT2D eigenvalue weighted by molar-refractivity contribution is -0.120. The minimum Gasteiger partial charge on any atom is -0.323 e. The molecule has 1 saturated heterocycles. The number of amides is 1. The molecule has 19 heavy (non-hydrogen) atoms. The molecule has 104 valence electrons. The molecule has 1 aliphatic rings. The summed E-state index contributed by atoms with van der Waals surface area (Å²) in [6.07, 6.45) is 1.67. The fourth-order valence-electron chi connectivity index (χ4n) is 2.20. The molecule has 0 aliphatic carbocycles. The molecule has 1 fully saturated rings. The summed E-state index contributed by atoms with van der Waals surface area (Å²) >= 11 is 0. The van der Waals surface area contributed by atoms with Crippen LogP contribution in [0.3, 0.4) is 0 Å². The van der Waals surface area contributed by atoms with Gasteiger partial charge in [0.1, 0.15) is 11.6 Å². The lowest BCUT2D eigenvalue weighted by Crippen LogP contribution is -2.41. The Kier molecular flexibility index (Phi) is 4.14. The van der Waals surface area contributed by atoms with E-state index in [0.717, 1.165) is 25.0 Å². The van der Waals surface area contributed by atoms with E-state index in [4.69, 9.17) is 0 Å². The van der Waals surface area contributed by atoms with Gasteiger partial charge in [0.2, 0.25) is 5.91 Å². The first-order valence-corrected chi connectivity index (χ1v) is 6.47. The molecule has 2 N–H and O–H groups in total. The van der Waals surface area contributed by atoms with Crippen molar-refractivity contribution in [1.82, 2.24) is 5.32 Å². The van der Waals surface area contributed by atoms with E-state index in [1.807, 2.05) is 0 Å². The lowest BCUT2D eigenvalue weighted by Gasteiger charge is -2.26. The van der Waals surface area contributed by atoms with Crippen LogP contribution in [0.5, 0.6) is 0 Å². The minimum absolute atomic E-state index is 0.0910. The lowest BCUT2D eigenvalue weighted by atomic mass is 9.94. The number of piperidine rings is 1. The van der Waals surface area contributed by atoms with Gasteiger partial charge in [0.15, 0.2) is 0 Å². The van der Waals surface area contributed by atoms with Gasteiger partial charge < -0.3 is 10.6 Å². The Hall–Kier alpha value is -1.49. The van der Waals surface area contributed by atoms with Crippen molar-refractivity contribution in [2.24, 2.45) is 5.92 Å². The van der Waals surface area contributed by atoms with Gasteiger partial charge in [0.05, 0.1) is 11.6 Å². The third-order valence-corrected chi connectivity index (χ3v) is 3.54. The van der Waals surface area contributed by atoms with E-state index in [2.05, 4.69) is 17.6 Å². The van der Waals surface area contributed by atoms with E-state index in [9.17, 15) is 13.6 Å². The van der Waals surface area contributed by atoms with Crippen LogP contribution in [-0.4, -0.2) is 18.5 Å². The summed E-state index contributed by atoms with van der Waals surface area (Å²) in [5.74, 6) is -1.59. The van der Waals surface area contributed by atoms with Crippen molar-refractivity contribution in [3.63, 3.8) is 0 Å². The Morgan fingerprint density at radius 3 is 2.68 bits per heavy atom. The second-order valence-electron chi connectivity index (χ2n) is 5.15. The first-order chi connectivity index (χ1) is 8.97. The minimum atomic E-state index is -0.607. The maximum atomic E-state index is 13.6. The van der Waals surface area contributed by atoms with Crippen molar-refractivity contribution >= 4 is 11.6 Å². The van der Waals surface area contributed by atoms with Gasteiger partial charge in [-0.25, -0.2) is 8.78 Å². The summed E-state index contributed by atoms with van der Waals surface area (Å²) in [6, 6.07) is 2.52. The Balaban J connectivity index is 2.05. The van der Waals surface area contributed by atoms with E-state index in [1.54, 1.807) is 0 Å². The first kappa shape index (κ1) is 13.9. The van der Waals surface area contributed by atoms with E-state index in [-0.39, 0.29) is 23.1 Å². The summed E-state index contributed by atoms with van der Waals surface area (Å²) in [5, 5.41) is 5.67. The molecule has 2 atom stereocenters. The van der Waals surface area contributed by atoms with Crippen LogP contribution in [-0.2, 0) is 4.79 Å². The average molecular weight is 268 g/mol. The smallest absolute Gasteiger partial charge is 0.228 e. The number of benzene rings is 1. The number of hydrogen-bond acceptors (Lipinski definition) is 2. The first-order valence-electron chi connectivity index (χ1n) is 6.47. The quantitative estimate of drug-likeness (QED) is 0.865. The fourth-order valence-corrected chi connectivity index (χ4v) is 2.20. The molecule has 1 aromatic carbocycles. The van der Waals surface area contributed by atoms with Crippen LogP contribution in [0.4, 0.5) is 14.5 Å². The van der Waals surface area contributed by atoms with Crippen LogP contribution in [0.15, 0.2) is 12.1 Å². The van der Waals surface area contributed by atoms with Crippen molar-refractivity contribution in [3.05, 3.63) is 29.3 Å². The van der Waals surface area contributed by atoms with Crippen molar-refractivity contribution in [3.8, 4) is 0 Å². The highest BCUT2D eigenvalue weighted by molar-refractivity contribution is 5.92. The highest BCUT2D eigenvalue weighted by atomic mass is 19.1. The van der Waals surface area contributed by atoms with Gasteiger partial charge in [-0.2, -0.15) is 0 Å². The maximum Gasteiger partial charge on any atom is 0.228 e. The van der Waals surface area contributed by atoms with Crippen molar-refractivity contribution in [2.75, 3.05) is 11.9 Å². The molecule has 1 amide bonds. The zero-order valence-corrected chi connectivity index (χ0v) is 11.1. The number of carbonyl (C=O) groups is 1. The monoisotopic (exact) mass is 268 g/mol. The molecule has 1 aliphatic heterocycles. The molecule has 3 nitrogen and oxygen atoms in total. The fraction of sp³-hybridized carbons (Fsp3) is 0.500. The van der Waals surface area contributed by atoms with E-state index in [0.29, 0.717) is 12.6 Å². The molecule has 1 aromatic rings. The van der Waals surface area contributed by atoms with E-state index < -0.39 is 11.6 Å². The molecular weight excluding hydrogens is 250 g/mol. The number of halogens is 2. The van der Waals surface area contributed by atoms with Gasteiger partial charge in [0, 0.05) is 18.7 Å². The molecule has 2 unspecified atom stereocenters. The highest BCUT2D eigenvalue weighted by Gasteiger charge is 2.24. The maximum absolute atomic E-state index is 13.6. The highest BCUT2D eigenvalue weighted by Crippen LogP contribution is 2.21. The second-order valence-corrected chi connectivity index (χ2v) is 5.15. The molecular formula is C14H18F2N2O. The Bertz CT molecular complexity index is 483. The van der Waals surface area contributed by atoms with Gasteiger partial charge >= 0.3 is 0 Å². The van der Waals surface area contributed by atoms with Crippen molar-refractivity contribution in [1.29, 1.82) is 0 Å². The number of hydrogen-bond donors (Lipinski definition) is 2.